The number of ketones is 1. The Hall–Kier alpha value is -1.35. The minimum Gasteiger partial charge on any atom is -0.490 e. The molecule has 0 unspecified atom stereocenters. The van der Waals surface area contributed by atoms with Crippen molar-refractivity contribution in [3.63, 3.8) is 0 Å². The standard InChI is InChI=1S/C16H23NO2/c1-11(2)16(18)8-12-4-6-14(7-5-12)19-15-9-13(10-15)17-3/h4-7,11,13,15,17H,8-10H2,1-3H3/t13-,15-. The third-order valence-corrected chi connectivity index (χ3v) is 3.75. The molecule has 3 heteroatoms. The first-order valence-corrected chi connectivity index (χ1v) is 7.04. The van der Waals surface area contributed by atoms with Gasteiger partial charge in [0.15, 0.2) is 0 Å². The van der Waals surface area contributed by atoms with Crippen LogP contribution in [-0.4, -0.2) is 25.0 Å². The summed E-state index contributed by atoms with van der Waals surface area (Å²) in [6, 6.07) is 8.52. The van der Waals surface area contributed by atoms with Crippen molar-refractivity contribution in [1.29, 1.82) is 0 Å². The highest BCUT2D eigenvalue weighted by atomic mass is 16.5. The lowest BCUT2D eigenvalue weighted by molar-refractivity contribution is -0.121. The molecular weight excluding hydrogens is 238 g/mol. The molecule has 2 rings (SSSR count). The molecule has 1 fully saturated rings. The maximum atomic E-state index is 11.7. The molecule has 0 radical (unpaired) electrons. The van der Waals surface area contributed by atoms with Crippen LogP contribution >= 0.6 is 0 Å². The number of hydrogen-bond acceptors (Lipinski definition) is 3. The summed E-state index contributed by atoms with van der Waals surface area (Å²) in [5.41, 5.74) is 1.06. The minimum atomic E-state index is 0.101. The van der Waals surface area contributed by atoms with Crippen LogP contribution in [0.2, 0.25) is 0 Å². The van der Waals surface area contributed by atoms with E-state index in [0.717, 1.165) is 24.2 Å². The average Bonchev–Trinajstić information content (AvgIpc) is 2.35. The zero-order valence-electron chi connectivity index (χ0n) is 12.0. The van der Waals surface area contributed by atoms with Crippen LogP contribution in [0.4, 0.5) is 0 Å². The lowest BCUT2D eigenvalue weighted by Gasteiger charge is -2.35. The molecule has 0 heterocycles. The molecule has 3 nitrogen and oxygen atoms in total. The molecule has 0 aromatic heterocycles. The van der Waals surface area contributed by atoms with Crippen molar-refractivity contribution in [2.24, 2.45) is 5.92 Å². The summed E-state index contributed by atoms with van der Waals surface area (Å²) in [5, 5.41) is 3.24. The van der Waals surface area contributed by atoms with Crippen LogP contribution in [0.15, 0.2) is 24.3 Å². The van der Waals surface area contributed by atoms with Crippen molar-refractivity contribution in [1.82, 2.24) is 5.32 Å². The first-order valence-electron chi connectivity index (χ1n) is 7.04. The Labute approximate surface area is 115 Å². The molecule has 1 saturated carbocycles. The Morgan fingerprint density at radius 1 is 1.32 bits per heavy atom. The predicted octanol–water partition coefficient (Wildman–Crippen LogP) is 2.58. The fourth-order valence-electron chi connectivity index (χ4n) is 2.18. The van der Waals surface area contributed by atoms with Gasteiger partial charge in [-0.3, -0.25) is 4.79 Å². The topological polar surface area (TPSA) is 38.3 Å². The zero-order chi connectivity index (χ0) is 13.8. The van der Waals surface area contributed by atoms with Crippen molar-refractivity contribution >= 4 is 5.78 Å². The van der Waals surface area contributed by atoms with Gasteiger partial charge in [0.1, 0.15) is 17.6 Å². The molecule has 0 saturated heterocycles. The SMILES string of the molecule is CN[C@H]1C[C@H](Oc2ccc(CC(=O)C(C)C)cc2)C1. The molecule has 0 spiro atoms. The summed E-state index contributed by atoms with van der Waals surface area (Å²) in [4.78, 5) is 11.7. The molecule has 1 aliphatic rings. The smallest absolute Gasteiger partial charge is 0.139 e. The van der Waals surface area contributed by atoms with Crippen LogP contribution < -0.4 is 10.1 Å². The minimum absolute atomic E-state index is 0.101. The molecular formula is C16H23NO2. The van der Waals surface area contributed by atoms with Gasteiger partial charge in [0.05, 0.1) is 0 Å². The predicted molar refractivity (Wildman–Crippen MR) is 76.5 cm³/mol. The lowest BCUT2D eigenvalue weighted by Crippen LogP contribution is -2.45. The zero-order valence-corrected chi connectivity index (χ0v) is 12.0. The van der Waals surface area contributed by atoms with Gasteiger partial charge in [-0.25, -0.2) is 0 Å². The van der Waals surface area contributed by atoms with Crippen LogP contribution in [-0.2, 0) is 11.2 Å². The average molecular weight is 261 g/mol. The van der Waals surface area contributed by atoms with Crippen LogP contribution in [0.3, 0.4) is 0 Å². The lowest BCUT2D eigenvalue weighted by atomic mass is 9.89. The van der Waals surface area contributed by atoms with Gasteiger partial charge in [-0.2, -0.15) is 0 Å². The number of benzene rings is 1. The first-order chi connectivity index (χ1) is 9.08. The molecule has 19 heavy (non-hydrogen) atoms. The van der Waals surface area contributed by atoms with Gasteiger partial charge in [-0.1, -0.05) is 26.0 Å². The number of hydrogen-bond donors (Lipinski definition) is 1. The summed E-state index contributed by atoms with van der Waals surface area (Å²) < 4.78 is 5.86. The van der Waals surface area contributed by atoms with E-state index in [-0.39, 0.29) is 11.7 Å². The molecule has 1 N–H and O–H groups in total. The van der Waals surface area contributed by atoms with Gasteiger partial charge in [-0.05, 0) is 37.6 Å². The monoisotopic (exact) mass is 261 g/mol. The highest BCUT2D eigenvalue weighted by Crippen LogP contribution is 2.26. The molecule has 104 valence electrons. The molecule has 0 atom stereocenters. The van der Waals surface area contributed by atoms with Crippen LogP contribution in [0, 0.1) is 5.92 Å². The van der Waals surface area contributed by atoms with Crippen LogP contribution in [0.5, 0.6) is 5.75 Å². The van der Waals surface area contributed by atoms with Gasteiger partial charge < -0.3 is 10.1 Å². The number of carbonyl (C=O) groups is 1. The van der Waals surface area contributed by atoms with E-state index in [1.54, 1.807) is 0 Å². The molecule has 0 aliphatic heterocycles. The summed E-state index contributed by atoms with van der Waals surface area (Å²) in [6.45, 7) is 3.88. The van der Waals surface area contributed by atoms with Crippen molar-refractivity contribution in [3.8, 4) is 5.75 Å². The van der Waals surface area contributed by atoms with Crippen LogP contribution in [0.25, 0.3) is 0 Å². The van der Waals surface area contributed by atoms with Gasteiger partial charge in [0, 0.05) is 18.4 Å². The van der Waals surface area contributed by atoms with E-state index in [1.807, 2.05) is 45.2 Å². The van der Waals surface area contributed by atoms with Gasteiger partial charge in [0.25, 0.3) is 0 Å². The summed E-state index contributed by atoms with van der Waals surface area (Å²) in [7, 11) is 1.99. The van der Waals surface area contributed by atoms with E-state index >= 15 is 0 Å². The van der Waals surface area contributed by atoms with E-state index in [4.69, 9.17) is 4.74 Å². The molecule has 0 bridgehead atoms. The van der Waals surface area contributed by atoms with E-state index in [0.29, 0.717) is 18.6 Å². The Kier molecular flexibility index (Phi) is 4.59. The van der Waals surface area contributed by atoms with Crippen molar-refractivity contribution < 1.29 is 9.53 Å². The summed E-state index contributed by atoms with van der Waals surface area (Å²) in [5.74, 6) is 1.29. The van der Waals surface area contributed by atoms with E-state index in [1.165, 1.54) is 0 Å². The quantitative estimate of drug-likeness (QED) is 0.855. The van der Waals surface area contributed by atoms with Crippen molar-refractivity contribution in [2.75, 3.05) is 7.05 Å². The number of Topliss-reactive ketones (excluding diaryl/α,β-unsaturated/α-hetero) is 1. The molecule has 1 aromatic rings. The van der Waals surface area contributed by atoms with E-state index < -0.39 is 0 Å². The Morgan fingerprint density at radius 2 is 1.95 bits per heavy atom. The molecule has 1 aromatic carbocycles. The van der Waals surface area contributed by atoms with Crippen molar-refractivity contribution in [2.45, 2.75) is 45.3 Å². The normalized spacial score (nSPS) is 22.1. The highest BCUT2D eigenvalue weighted by Gasteiger charge is 2.29. The molecule has 0 amide bonds. The Bertz CT molecular complexity index is 419. The summed E-state index contributed by atoms with van der Waals surface area (Å²) in [6.07, 6.45) is 3.00. The number of ether oxygens (including phenoxy) is 1. The molecule has 1 aliphatic carbocycles. The third kappa shape index (κ3) is 3.80. The van der Waals surface area contributed by atoms with Gasteiger partial charge in [0.2, 0.25) is 0 Å². The number of nitrogens with one attached hydrogen (secondary N) is 1. The number of carbonyl (C=O) groups excluding carboxylic acids is 1. The fraction of sp³-hybridized carbons (Fsp3) is 0.562. The van der Waals surface area contributed by atoms with Gasteiger partial charge >= 0.3 is 0 Å². The second-order valence-electron chi connectivity index (χ2n) is 5.64. The maximum absolute atomic E-state index is 11.7. The highest BCUT2D eigenvalue weighted by molar-refractivity contribution is 5.82. The first kappa shape index (κ1) is 14.1. The third-order valence-electron chi connectivity index (χ3n) is 3.75. The van der Waals surface area contributed by atoms with E-state index in [2.05, 4.69) is 5.32 Å². The Balaban J connectivity index is 1.83. The van der Waals surface area contributed by atoms with E-state index in [9.17, 15) is 4.79 Å². The van der Waals surface area contributed by atoms with Gasteiger partial charge in [-0.15, -0.1) is 0 Å². The largest absolute Gasteiger partial charge is 0.490 e. The van der Waals surface area contributed by atoms with Crippen molar-refractivity contribution in [3.05, 3.63) is 29.8 Å². The second-order valence-corrected chi connectivity index (χ2v) is 5.64. The summed E-state index contributed by atoms with van der Waals surface area (Å²) >= 11 is 0. The fourth-order valence-corrected chi connectivity index (χ4v) is 2.18. The van der Waals surface area contributed by atoms with Crippen LogP contribution in [0.1, 0.15) is 32.3 Å². The Morgan fingerprint density at radius 3 is 2.47 bits per heavy atom. The second kappa shape index (κ2) is 6.20. The maximum Gasteiger partial charge on any atom is 0.139 e. The number of rotatable bonds is 6.